The lowest BCUT2D eigenvalue weighted by Crippen LogP contribution is -2.55. The van der Waals surface area contributed by atoms with Gasteiger partial charge in [0.15, 0.2) is 5.60 Å². The van der Waals surface area contributed by atoms with E-state index in [4.69, 9.17) is 4.74 Å². The van der Waals surface area contributed by atoms with Crippen LogP contribution in [-0.2, 0) is 14.3 Å². The van der Waals surface area contributed by atoms with Crippen LogP contribution >= 0.6 is 0 Å². The third-order valence-corrected chi connectivity index (χ3v) is 5.77. The minimum atomic E-state index is -0.940. The first kappa shape index (κ1) is 12.7. The number of nitrogens with zero attached hydrogens (tertiary/aromatic N) is 1. The van der Waals surface area contributed by atoms with Crippen LogP contribution < -0.4 is 0 Å². The molecule has 3 aliphatic rings. The second-order valence-corrected chi connectivity index (χ2v) is 6.68. The monoisotopic (exact) mass is 263 g/mol. The first-order valence-electron chi connectivity index (χ1n) is 7.03. The summed E-state index contributed by atoms with van der Waals surface area (Å²) in [4.78, 5) is 26.9. The molecular weight excluding hydrogens is 242 g/mol. The minimum Gasteiger partial charge on any atom is -0.448 e. The van der Waals surface area contributed by atoms with Gasteiger partial charge < -0.3 is 9.64 Å². The average Bonchev–Trinajstić information content (AvgIpc) is 2.69. The maximum atomic E-state index is 12.9. The van der Waals surface area contributed by atoms with Gasteiger partial charge in [-0.25, -0.2) is 0 Å². The number of carbonyl (C=O) groups is 2. The third kappa shape index (κ3) is 1.30. The number of amides is 1. The van der Waals surface area contributed by atoms with Gasteiger partial charge in [-0.15, -0.1) is 0 Å². The number of hydrogen-bond acceptors (Lipinski definition) is 3. The van der Waals surface area contributed by atoms with Crippen molar-refractivity contribution in [3.8, 4) is 0 Å². The van der Waals surface area contributed by atoms with Crippen molar-refractivity contribution in [2.24, 2.45) is 10.8 Å². The van der Waals surface area contributed by atoms with E-state index >= 15 is 0 Å². The molecule has 104 valence electrons. The van der Waals surface area contributed by atoms with Gasteiger partial charge in [-0.1, -0.05) is 26.0 Å². The molecule has 1 saturated heterocycles. The summed E-state index contributed by atoms with van der Waals surface area (Å²) in [5.74, 6) is -0.207. The highest BCUT2D eigenvalue weighted by molar-refractivity contribution is 5.96. The molecule has 0 aromatic rings. The van der Waals surface area contributed by atoms with Crippen LogP contribution in [0.4, 0.5) is 0 Å². The second-order valence-electron chi connectivity index (χ2n) is 6.68. The quantitative estimate of drug-likeness (QED) is 0.536. The molecule has 2 fully saturated rings. The van der Waals surface area contributed by atoms with Crippen LogP contribution in [0.1, 0.15) is 40.0 Å². The van der Waals surface area contributed by atoms with E-state index in [9.17, 15) is 9.59 Å². The minimum absolute atomic E-state index is 0.00331. The second kappa shape index (κ2) is 3.62. The van der Waals surface area contributed by atoms with Gasteiger partial charge in [0.05, 0.1) is 5.41 Å². The lowest BCUT2D eigenvalue weighted by Gasteiger charge is -2.39. The van der Waals surface area contributed by atoms with E-state index in [0.717, 1.165) is 19.4 Å². The summed E-state index contributed by atoms with van der Waals surface area (Å²) < 4.78 is 5.63. The topological polar surface area (TPSA) is 46.6 Å². The molecule has 0 aromatic carbocycles. The van der Waals surface area contributed by atoms with Gasteiger partial charge in [0.1, 0.15) is 0 Å². The summed E-state index contributed by atoms with van der Waals surface area (Å²) in [6.07, 6.45) is 6.38. The summed E-state index contributed by atoms with van der Waals surface area (Å²) in [6.45, 7) is 7.30. The number of carbonyl (C=O) groups excluding carboxylic acids is 2. The Morgan fingerprint density at radius 3 is 2.47 bits per heavy atom. The standard InChI is InChI=1S/C15H21NO3/c1-13(2)14(3)7-8-15(13,19-12(14)18)11(17)16-9-5-4-6-10-16/h4-5H,6-10H2,1-3H3/t14-,15-/m1/s1. The molecule has 0 radical (unpaired) electrons. The molecule has 0 aromatic heterocycles. The number of rotatable bonds is 1. The lowest BCUT2D eigenvalue weighted by molar-refractivity contribution is -0.173. The fourth-order valence-corrected chi connectivity index (χ4v) is 3.80. The van der Waals surface area contributed by atoms with Crippen LogP contribution in [-0.4, -0.2) is 35.5 Å². The molecule has 4 heteroatoms. The van der Waals surface area contributed by atoms with Crippen molar-refractivity contribution in [2.45, 2.75) is 45.6 Å². The van der Waals surface area contributed by atoms with E-state index in [2.05, 4.69) is 6.08 Å². The van der Waals surface area contributed by atoms with E-state index in [-0.39, 0.29) is 11.9 Å². The molecule has 19 heavy (non-hydrogen) atoms. The predicted octanol–water partition coefficient (Wildman–Crippen LogP) is 1.90. The van der Waals surface area contributed by atoms with E-state index in [1.54, 1.807) is 0 Å². The zero-order valence-corrected chi connectivity index (χ0v) is 11.9. The van der Waals surface area contributed by atoms with Gasteiger partial charge in [-0.2, -0.15) is 0 Å². The Bertz CT molecular complexity index is 482. The lowest BCUT2D eigenvalue weighted by atomic mass is 9.66. The smallest absolute Gasteiger partial charge is 0.313 e. The highest BCUT2D eigenvalue weighted by Crippen LogP contribution is 2.65. The molecule has 0 N–H and O–H groups in total. The molecule has 2 aliphatic heterocycles. The van der Waals surface area contributed by atoms with Gasteiger partial charge in [-0.05, 0) is 26.2 Å². The first-order valence-corrected chi connectivity index (χ1v) is 7.03. The van der Waals surface area contributed by atoms with Gasteiger partial charge in [0, 0.05) is 18.5 Å². The van der Waals surface area contributed by atoms with E-state index in [0.29, 0.717) is 13.0 Å². The summed E-state index contributed by atoms with van der Waals surface area (Å²) in [5.41, 5.74) is -1.90. The van der Waals surface area contributed by atoms with Crippen LogP contribution in [0.25, 0.3) is 0 Å². The van der Waals surface area contributed by atoms with Gasteiger partial charge in [0.2, 0.25) is 0 Å². The van der Waals surface area contributed by atoms with E-state index in [1.165, 1.54) is 0 Å². The maximum absolute atomic E-state index is 12.9. The Hall–Kier alpha value is -1.32. The molecule has 2 atom stereocenters. The molecule has 0 spiro atoms. The van der Waals surface area contributed by atoms with Crippen molar-refractivity contribution in [2.75, 3.05) is 13.1 Å². The van der Waals surface area contributed by atoms with Gasteiger partial charge in [0.25, 0.3) is 5.91 Å². The zero-order chi connectivity index (χ0) is 13.9. The van der Waals surface area contributed by atoms with Crippen molar-refractivity contribution >= 4 is 11.9 Å². The Kier molecular flexibility index (Phi) is 2.42. The van der Waals surface area contributed by atoms with Crippen LogP contribution in [0.15, 0.2) is 12.2 Å². The van der Waals surface area contributed by atoms with Gasteiger partial charge in [-0.3, -0.25) is 9.59 Å². The van der Waals surface area contributed by atoms with Gasteiger partial charge >= 0.3 is 5.97 Å². The highest BCUT2D eigenvalue weighted by Gasteiger charge is 2.76. The van der Waals surface area contributed by atoms with Crippen molar-refractivity contribution in [3.05, 3.63) is 12.2 Å². The number of esters is 1. The molecular formula is C15H21NO3. The van der Waals surface area contributed by atoms with Crippen molar-refractivity contribution in [1.82, 2.24) is 4.90 Å². The van der Waals surface area contributed by atoms with E-state index in [1.807, 2.05) is 31.7 Å². The molecule has 1 saturated carbocycles. The van der Waals surface area contributed by atoms with Crippen LogP contribution in [0.3, 0.4) is 0 Å². The maximum Gasteiger partial charge on any atom is 0.313 e. The molecule has 3 rings (SSSR count). The summed E-state index contributed by atoms with van der Waals surface area (Å²) in [7, 11) is 0. The largest absolute Gasteiger partial charge is 0.448 e. The molecule has 1 aliphatic carbocycles. The number of ether oxygens (including phenoxy) is 1. The SMILES string of the molecule is CC1(C)[C@]2(C)CC[C@]1(C(=O)N1CC=CCC1)OC2=O. The Labute approximate surface area is 113 Å². The number of hydrogen-bond donors (Lipinski definition) is 0. The zero-order valence-electron chi connectivity index (χ0n) is 11.9. The van der Waals surface area contributed by atoms with Crippen LogP contribution in [0, 0.1) is 10.8 Å². The average molecular weight is 263 g/mol. The Morgan fingerprint density at radius 1 is 1.26 bits per heavy atom. The predicted molar refractivity (Wildman–Crippen MR) is 70.3 cm³/mol. The highest BCUT2D eigenvalue weighted by atomic mass is 16.6. The normalized spacial score (nSPS) is 39.5. The van der Waals surface area contributed by atoms with Crippen molar-refractivity contribution in [1.29, 1.82) is 0 Å². The fraction of sp³-hybridized carbons (Fsp3) is 0.733. The Morgan fingerprint density at radius 2 is 2.00 bits per heavy atom. The summed E-state index contributed by atoms with van der Waals surface area (Å²) in [6, 6.07) is 0. The summed E-state index contributed by atoms with van der Waals surface area (Å²) in [5, 5.41) is 0. The molecule has 1 amide bonds. The molecule has 0 unspecified atom stereocenters. The van der Waals surface area contributed by atoms with E-state index < -0.39 is 16.4 Å². The van der Waals surface area contributed by atoms with Crippen LogP contribution in [0.2, 0.25) is 0 Å². The summed E-state index contributed by atoms with van der Waals surface area (Å²) >= 11 is 0. The molecule has 4 nitrogen and oxygen atoms in total. The number of fused-ring (bicyclic) bond motifs is 2. The molecule has 2 heterocycles. The van der Waals surface area contributed by atoms with Crippen LogP contribution in [0.5, 0.6) is 0 Å². The third-order valence-electron chi connectivity index (χ3n) is 5.77. The fourth-order valence-electron chi connectivity index (χ4n) is 3.80. The Balaban J connectivity index is 1.98. The van der Waals surface area contributed by atoms with Crippen molar-refractivity contribution < 1.29 is 14.3 Å². The van der Waals surface area contributed by atoms with Crippen molar-refractivity contribution in [3.63, 3.8) is 0 Å². The first-order chi connectivity index (χ1) is 8.85. The molecule has 2 bridgehead atoms.